The quantitative estimate of drug-likeness (QED) is 0.719. The van der Waals surface area contributed by atoms with Crippen LogP contribution in [0.2, 0.25) is 0 Å². The number of aromatic nitrogens is 3. The number of phenolic OH excluding ortho intramolecular Hbond substituents is 1. The first-order chi connectivity index (χ1) is 9.69. The van der Waals surface area contributed by atoms with E-state index in [0.717, 1.165) is 11.1 Å². The Kier molecular flexibility index (Phi) is 2.83. The van der Waals surface area contributed by atoms with Crippen molar-refractivity contribution < 1.29 is 14.6 Å². The first-order valence-corrected chi connectivity index (χ1v) is 5.91. The van der Waals surface area contributed by atoms with Crippen LogP contribution in [0, 0.1) is 0 Å². The Morgan fingerprint density at radius 1 is 1.35 bits per heavy atom. The van der Waals surface area contributed by atoms with Gasteiger partial charge >= 0.3 is 5.97 Å². The lowest BCUT2D eigenvalue weighted by molar-refractivity contribution is 0.0594. The van der Waals surface area contributed by atoms with Crippen LogP contribution in [0.15, 0.2) is 42.7 Å². The third kappa shape index (κ3) is 1.97. The monoisotopic (exact) mass is 269 g/mol. The van der Waals surface area contributed by atoms with Gasteiger partial charge in [-0.2, -0.15) is 5.10 Å². The van der Waals surface area contributed by atoms with Gasteiger partial charge in [-0.3, -0.25) is 0 Å². The van der Waals surface area contributed by atoms with Gasteiger partial charge in [0.15, 0.2) is 11.3 Å². The summed E-state index contributed by atoms with van der Waals surface area (Å²) >= 11 is 0. The van der Waals surface area contributed by atoms with Gasteiger partial charge in [0.05, 0.1) is 13.3 Å². The second kappa shape index (κ2) is 4.65. The molecule has 0 atom stereocenters. The van der Waals surface area contributed by atoms with E-state index in [4.69, 9.17) is 0 Å². The SMILES string of the molecule is COC(=O)c1ccn2ncc(-c3cccc(O)c3)c2n1. The second-order valence-electron chi connectivity index (χ2n) is 4.18. The van der Waals surface area contributed by atoms with Gasteiger partial charge < -0.3 is 9.84 Å². The van der Waals surface area contributed by atoms with Gasteiger partial charge in [0.2, 0.25) is 0 Å². The lowest BCUT2D eigenvalue weighted by Crippen LogP contribution is -2.05. The number of fused-ring (bicyclic) bond motifs is 1. The average Bonchev–Trinajstić information content (AvgIpc) is 2.89. The number of methoxy groups -OCH3 is 1. The standard InChI is InChI=1S/C14H11N3O3/c1-20-14(19)12-5-6-17-13(16-12)11(8-15-17)9-3-2-4-10(18)7-9/h2-8,18H,1H3. The lowest BCUT2D eigenvalue weighted by atomic mass is 10.1. The van der Waals surface area contributed by atoms with Crippen LogP contribution >= 0.6 is 0 Å². The van der Waals surface area contributed by atoms with Crippen molar-refractivity contribution >= 4 is 11.6 Å². The molecule has 0 aliphatic carbocycles. The van der Waals surface area contributed by atoms with Crippen molar-refractivity contribution in [3.8, 4) is 16.9 Å². The lowest BCUT2D eigenvalue weighted by Gasteiger charge is -2.02. The summed E-state index contributed by atoms with van der Waals surface area (Å²) in [6.45, 7) is 0. The summed E-state index contributed by atoms with van der Waals surface area (Å²) < 4.78 is 6.22. The Balaban J connectivity index is 2.19. The zero-order valence-electron chi connectivity index (χ0n) is 10.6. The molecule has 1 N–H and O–H groups in total. The molecule has 0 unspecified atom stereocenters. The zero-order chi connectivity index (χ0) is 14.1. The minimum absolute atomic E-state index is 0.158. The van der Waals surface area contributed by atoms with Crippen LogP contribution in [0.1, 0.15) is 10.5 Å². The van der Waals surface area contributed by atoms with Crippen LogP contribution in [-0.2, 0) is 4.74 Å². The summed E-state index contributed by atoms with van der Waals surface area (Å²) in [5.41, 5.74) is 2.24. The molecule has 0 spiro atoms. The molecule has 0 fully saturated rings. The number of ether oxygens (including phenoxy) is 1. The van der Waals surface area contributed by atoms with Gasteiger partial charge in [-0.1, -0.05) is 12.1 Å². The summed E-state index contributed by atoms with van der Waals surface area (Å²) in [6, 6.07) is 8.31. The van der Waals surface area contributed by atoms with Crippen molar-refractivity contribution in [1.29, 1.82) is 0 Å². The first kappa shape index (κ1) is 12.2. The van der Waals surface area contributed by atoms with Gasteiger partial charge in [-0.25, -0.2) is 14.3 Å². The molecule has 0 radical (unpaired) electrons. The molecule has 2 heterocycles. The van der Waals surface area contributed by atoms with Gasteiger partial charge in [-0.05, 0) is 23.8 Å². The van der Waals surface area contributed by atoms with Crippen molar-refractivity contribution in [2.45, 2.75) is 0 Å². The molecule has 3 aromatic rings. The van der Waals surface area contributed by atoms with E-state index < -0.39 is 5.97 Å². The van der Waals surface area contributed by atoms with Crippen LogP contribution in [0.5, 0.6) is 5.75 Å². The van der Waals surface area contributed by atoms with E-state index in [1.54, 1.807) is 35.1 Å². The summed E-state index contributed by atoms with van der Waals surface area (Å²) in [6.07, 6.45) is 3.28. The fourth-order valence-corrected chi connectivity index (χ4v) is 1.96. The molecule has 0 aliphatic rings. The highest BCUT2D eigenvalue weighted by molar-refractivity contribution is 5.88. The Labute approximate surface area is 114 Å². The van der Waals surface area contributed by atoms with Gasteiger partial charge in [-0.15, -0.1) is 0 Å². The molecule has 0 bridgehead atoms. The highest BCUT2D eigenvalue weighted by Crippen LogP contribution is 2.26. The predicted octanol–water partition coefficient (Wildman–Crippen LogP) is 1.89. The Morgan fingerprint density at radius 2 is 2.20 bits per heavy atom. The third-order valence-electron chi connectivity index (χ3n) is 2.92. The summed E-state index contributed by atoms with van der Waals surface area (Å²) in [5.74, 6) is -0.346. The number of nitrogens with zero attached hydrogens (tertiary/aromatic N) is 3. The van der Waals surface area contributed by atoms with Crippen molar-refractivity contribution in [3.63, 3.8) is 0 Å². The normalized spacial score (nSPS) is 10.7. The smallest absolute Gasteiger partial charge is 0.356 e. The van der Waals surface area contributed by atoms with E-state index in [0.29, 0.717) is 5.65 Å². The van der Waals surface area contributed by atoms with E-state index in [1.807, 2.05) is 6.07 Å². The van der Waals surface area contributed by atoms with Gasteiger partial charge in [0, 0.05) is 11.8 Å². The van der Waals surface area contributed by atoms with Gasteiger partial charge in [0.1, 0.15) is 5.75 Å². The first-order valence-electron chi connectivity index (χ1n) is 5.91. The molecule has 0 amide bonds. The highest BCUT2D eigenvalue weighted by atomic mass is 16.5. The minimum atomic E-state index is -0.504. The van der Waals surface area contributed by atoms with Crippen LogP contribution < -0.4 is 0 Å². The van der Waals surface area contributed by atoms with Gasteiger partial charge in [0.25, 0.3) is 0 Å². The number of rotatable bonds is 2. The summed E-state index contributed by atoms with van der Waals surface area (Å²) in [5, 5.41) is 13.7. The van der Waals surface area contributed by atoms with Crippen molar-refractivity contribution in [2.24, 2.45) is 0 Å². The Hall–Kier alpha value is -2.89. The Bertz CT molecular complexity index is 795. The number of benzene rings is 1. The number of esters is 1. The minimum Gasteiger partial charge on any atom is -0.508 e. The van der Waals surface area contributed by atoms with Crippen molar-refractivity contribution in [2.75, 3.05) is 7.11 Å². The van der Waals surface area contributed by atoms with E-state index in [2.05, 4.69) is 14.8 Å². The number of hydrogen-bond acceptors (Lipinski definition) is 5. The average molecular weight is 269 g/mol. The molecule has 6 heteroatoms. The maximum Gasteiger partial charge on any atom is 0.356 e. The summed E-state index contributed by atoms with van der Waals surface area (Å²) in [7, 11) is 1.31. The van der Waals surface area contributed by atoms with Crippen molar-refractivity contribution in [3.05, 3.63) is 48.4 Å². The predicted molar refractivity (Wildman–Crippen MR) is 71.4 cm³/mol. The topological polar surface area (TPSA) is 76.7 Å². The molecule has 0 saturated carbocycles. The molecular formula is C14H11N3O3. The molecule has 3 rings (SSSR count). The van der Waals surface area contributed by atoms with Crippen LogP contribution in [0.3, 0.4) is 0 Å². The Morgan fingerprint density at radius 3 is 2.95 bits per heavy atom. The fraction of sp³-hybridized carbons (Fsp3) is 0.0714. The van der Waals surface area contributed by atoms with E-state index in [-0.39, 0.29) is 11.4 Å². The van der Waals surface area contributed by atoms with E-state index >= 15 is 0 Å². The van der Waals surface area contributed by atoms with Crippen LogP contribution in [0.25, 0.3) is 16.8 Å². The second-order valence-corrected chi connectivity index (χ2v) is 4.18. The maximum absolute atomic E-state index is 11.5. The van der Waals surface area contributed by atoms with Crippen LogP contribution in [-0.4, -0.2) is 32.8 Å². The molecule has 6 nitrogen and oxygen atoms in total. The molecule has 1 aromatic carbocycles. The molecule has 0 saturated heterocycles. The number of phenols is 1. The highest BCUT2D eigenvalue weighted by Gasteiger charge is 2.13. The number of hydrogen-bond donors (Lipinski definition) is 1. The maximum atomic E-state index is 11.5. The molecule has 2 aromatic heterocycles. The number of carbonyl (C=O) groups excluding carboxylic acids is 1. The number of aromatic hydroxyl groups is 1. The van der Waals surface area contributed by atoms with Crippen molar-refractivity contribution in [1.82, 2.24) is 14.6 Å². The third-order valence-corrected chi connectivity index (χ3v) is 2.92. The zero-order valence-corrected chi connectivity index (χ0v) is 10.6. The van der Waals surface area contributed by atoms with Crippen LogP contribution in [0.4, 0.5) is 0 Å². The largest absolute Gasteiger partial charge is 0.508 e. The summed E-state index contributed by atoms with van der Waals surface area (Å²) in [4.78, 5) is 15.8. The molecule has 100 valence electrons. The molecular weight excluding hydrogens is 258 g/mol. The number of carbonyl (C=O) groups is 1. The van der Waals surface area contributed by atoms with E-state index in [9.17, 15) is 9.90 Å². The fourth-order valence-electron chi connectivity index (χ4n) is 1.96. The molecule has 0 aliphatic heterocycles. The van der Waals surface area contributed by atoms with E-state index in [1.165, 1.54) is 13.2 Å². The molecule has 20 heavy (non-hydrogen) atoms.